The van der Waals surface area contributed by atoms with Gasteiger partial charge in [-0.05, 0) is 70.7 Å². The lowest BCUT2D eigenvalue weighted by Crippen LogP contribution is -2.47. The van der Waals surface area contributed by atoms with E-state index in [0.717, 1.165) is 6.08 Å². The van der Waals surface area contributed by atoms with E-state index in [-0.39, 0.29) is 15.6 Å². The van der Waals surface area contributed by atoms with Gasteiger partial charge >= 0.3 is 12.4 Å². The van der Waals surface area contributed by atoms with Crippen molar-refractivity contribution in [1.82, 2.24) is 10.6 Å². The Kier molecular flexibility index (Phi) is 9.57. The zero-order chi connectivity index (χ0) is 26.6. The summed E-state index contributed by atoms with van der Waals surface area (Å²) in [5, 5.41) is 3.94. The Morgan fingerprint density at radius 2 is 1.69 bits per heavy atom. The van der Waals surface area contributed by atoms with E-state index >= 15 is 0 Å². The number of benzene rings is 2. The van der Waals surface area contributed by atoms with Crippen molar-refractivity contribution in [2.24, 2.45) is 0 Å². The number of alkyl halides is 6. The Labute approximate surface area is 214 Å². The smallest absolute Gasteiger partial charge is 0.345 e. The maximum Gasteiger partial charge on any atom is 0.405 e. The third-order valence-electron chi connectivity index (χ3n) is 4.70. The molecule has 12 heteroatoms. The molecule has 0 spiro atoms. The summed E-state index contributed by atoms with van der Waals surface area (Å²) in [4.78, 5) is 24.2. The van der Waals surface area contributed by atoms with Crippen LogP contribution >= 0.6 is 31.9 Å². The van der Waals surface area contributed by atoms with E-state index in [4.69, 9.17) is 0 Å². The zero-order valence-electron chi connectivity index (χ0n) is 18.3. The van der Waals surface area contributed by atoms with Crippen LogP contribution in [-0.4, -0.2) is 36.8 Å². The summed E-state index contributed by atoms with van der Waals surface area (Å²) in [6.45, 7) is 1.37. The molecule has 1 unspecified atom stereocenters. The zero-order valence-corrected chi connectivity index (χ0v) is 21.5. The largest absolute Gasteiger partial charge is 0.405 e. The molecule has 2 atom stereocenters. The molecule has 0 aliphatic heterocycles. The van der Waals surface area contributed by atoms with Crippen LogP contribution in [0.25, 0.3) is 6.08 Å². The van der Waals surface area contributed by atoms with Crippen molar-refractivity contribution in [2.45, 2.75) is 38.2 Å². The predicted octanol–water partition coefficient (Wildman–Crippen LogP) is 6.68. The van der Waals surface area contributed by atoms with Crippen LogP contribution in [0, 0.1) is 6.92 Å². The molecule has 2 amide bonds. The van der Waals surface area contributed by atoms with E-state index in [1.54, 1.807) is 18.3 Å². The molecule has 2 aromatic rings. The topological polar surface area (TPSA) is 58.2 Å². The van der Waals surface area contributed by atoms with Crippen molar-refractivity contribution in [2.75, 3.05) is 6.54 Å². The Morgan fingerprint density at radius 1 is 1.03 bits per heavy atom. The van der Waals surface area contributed by atoms with Gasteiger partial charge in [0.05, 0.1) is 11.5 Å². The van der Waals surface area contributed by atoms with E-state index in [0.29, 0.717) is 15.6 Å². The lowest BCUT2D eigenvalue weighted by atomic mass is 9.95. The standard InChI is InChI=1S/C23H20Br2F6N2O2/c1-12-7-15(10-16(24)8-12)18(23(29,30)31)6-4-14-3-5-17(19(25)9-14)21(35)33-13(2)20(34)32-11-22(26,27)28/h3-10,13,18H,11H2,1-2H3,(H,32,34)(H,33,35)/b6-4+/t13-,18?/m1/s1. The summed E-state index contributed by atoms with van der Waals surface area (Å²) in [6, 6.07) is 7.43. The van der Waals surface area contributed by atoms with E-state index < -0.39 is 42.7 Å². The van der Waals surface area contributed by atoms with Crippen LogP contribution in [0.1, 0.15) is 39.9 Å². The minimum atomic E-state index is -4.59. The summed E-state index contributed by atoms with van der Waals surface area (Å²) >= 11 is 6.38. The fourth-order valence-electron chi connectivity index (χ4n) is 3.06. The molecule has 0 fully saturated rings. The molecule has 0 aliphatic carbocycles. The van der Waals surface area contributed by atoms with Crippen molar-refractivity contribution in [1.29, 1.82) is 0 Å². The first kappa shape index (κ1) is 28.9. The summed E-state index contributed by atoms with van der Waals surface area (Å²) < 4.78 is 78.5. The van der Waals surface area contributed by atoms with Gasteiger partial charge in [-0.25, -0.2) is 0 Å². The number of nitrogens with one attached hydrogen (secondary N) is 2. The SMILES string of the molecule is Cc1cc(Br)cc(C(/C=C/c2ccc(C(=O)N[C@H](C)C(=O)NCC(F)(F)F)c(Br)c2)C(F)(F)F)c1. The predicted molar refractivity (Wildman–Crippen MR) is 127 cm³/mol. The van der Waals surface area contributed by atoms with Crippen molar-refractivity contribution in [3.8, 4) is 0 Å². The first-order valence-electron chi connectivity index (χ1n) is 10.0. The second-order valence-corrected chi connectivity index (χ2v) is 9.48. The molecule has 4 nitrogen and oxygen atoms in total. The van der Waals surface area contributed by atoms with Gasteiger partial charge in [0.2, 0.25) is 5.91 Å². The quantitative estimate of drug-likeness (QED) is 0.336. The third-order valence-corrected chi connectivity index (χ3v) is 5.81. The van der Waals surface area contributed by atoms with Crippen molar-refractivity contribution in [3.05, 3.63) is 73.7 Å². The van der Waals surface area contributed by atoms with Crippen molar-refractivity contribution < 1.29 is 35.9 Å². The van der Waals surface area contributed by atoms with Crippen LogP contribution in [0.15, 0.2) is 51.4 Å². The number of carbonyl (C=O) groups excluding carboxylic acids is 2. The first-order chi connectivity index (χ1) is 16.1. The van der Waals surface area contributed by atoms with E-state index in [1.165, 1.54) is 43.3 Å². The number of allylic oxidation sites excluding steroid dienone is 1. The molecule has 2 N–H and O–H groups in total. The maximum absolute atomic E-state index is 13.7. The summed E-state index contributed by atoms with van der Waals surface area (Å²) in [7, 11) is 0. The molecular weight excluding hydrogens is 610 g/mol. The molecule has 0 heterocycles. The van der Waals surface area contributed by atoms with Gasteiger partial charge < -0.3 is 10.6 Å². The Hall–Kier alpha value is -2.34. The fraction of sp³-hybridized carbons (Fsp3) is 0.304. The van der Waals surface area contributed by atoms with Gasteiger partial charge in [0.1, 0.15) is 12.6 Å². The average molecular weight is 630 g/mol. The molecule has 190 valence electrons. The highest BCUT2D eigenvalue weighted by Crippen LogP contribution is 2.38. The minimum absolute atomic E-state index is 0.0487. The summed E-state index contributed by atoms with van der Waals surface area (Å²) in [5.74, 6) is -3.64. The molecule has 2 aromatic carbocycles. The highest BCUT2D eigenvalue weighted by Gasteiger charge is 2.39. The van der Waals surface area contributed by atoms with Crippen LogP contribution in [0.3, 0.4) is 0 Å². The molecule has 0 saturated carbocycles. The van der Waals surface area contributed by atoms with Crippen LogP contribution < -0.4 is 10.6 Å². The van der Waals surface area contributed by atoms with E-state index in [2.05, 4.69) is 37.2 Å². The average Bonchev–Trinajstić information content (AvgIpc) is 2.69. The van der Waals surface area contributed by atoms with Gasteiger partial charge in [0, 0.05) is 8.95 Å². The maximum atomic E-state index is 13.7. The molecule has 0 bridgehead atoms. The number of halogens is 8. The molecule has 0 aliphatic rings. The van der Waals surface area contributed by atoms with Gasteiger partial charge in [0.25, 0.3) is 5.91 Å². The number of carbonyl (C=O) groups is 2. The van der Waals surface area contributed by atoms with E-state index in [9.17, 15) is 35.9 Å². The Bertz CT molecular complexity index is 1100. The van der Waals surface area contributed by atoms with Gasteiger partial charge in [0.15, 0.2) is 0 Å². The molecule has 0 saturated heterocycles. The highest BCUT2D eigenvalue weighted by molar-refractivity contribution is 9.10. The van der Waals surface area contributed by atoms with Crippen LogP contribution in [-0.2, 0) is 4.79 Å². The second-order valence-electron chi connectivity index (χ2n) is 7.71. The first-order valence-corrected chi connectivity index (χ1v) is 11.6. The molecule has 0 aromatic heterocycles. The molecule has 35 heavy (non-hydrogen) atoms. The number of rotatable bonds is 7. The van der Waals surface area contributed by atoms with Gasteiger partial charge in [-0.15, -0.1) is 0 Å². The molecular formula is C23H20Br2F6N2O2. The minimum Gasteiger partial charge on any atom is -0.345 e. The van der Waals surface area contributed by atoms with Crippen molar-refractivity contribution in [3.63, 3.8) is 0 Å². The number of aryl methyl sites for hydroxylation is 1. The van der Waals surface area contributed by atoms with Crippen LogP contribution in [0.2, 0.25) is 0 Å². The van der Waals surface area contributed by atoms with Gasteiger partial charge in [-0.3, -0.25) is 9.59 Å². The second kappa shape index (κ2) is 11.6. The Balaban J connectivity index is 2.16. The molecule has 0 radical (unpaired) electrons. The van der Waals surface area contributed by atoms with E-state index in [1.807, 2.05) is 0 Å². The highest BCUT2D eigenvalue weighted by atomic mass is 79.9. The number of hydrogen-bond acceptors (Lipinski definition) is 2. The number of hydrogen-bond donors (Lipinski definition) is 2. The van der Waals surface area contributed by atoms with Gasteiger partial charge in [-0.1, -0.05) is 40.2 Å². The lowest BCUT2D eigenvalue weighted by molar-refractivity contribution is -0.139. The fourth-order valence-corrected chi connectivity index (χ4v) is 4.26. The summed E-state index contributed by atoms with van der Waals surface area (Å²) in [6.07, 6.45) is -6.85. The molecule has 2 rings (SSSR count). The number of amides is 2. The van der Waals surface area contributed by atoms with Crippen LogP contribution in [0.5, 0.6) is 0 Å². The van der Waals surface area contributed by atoms with Crippen molar-refractivity contribution >= 4 is 49.8 Å². The lowest BCUT2D eigenvalue weighted by Gasteiger charge is -2.18. The van der Waals surface area contributed by atoms with Gasteiger partial charge in [-0.2, -0.15) is 26.3 Å². The normalized spacial score (nSPS) is 14.0. The summed E-state index contributed by atoms with van der Waals surface area (Å²) in [5.41, 5.74) is 1.14. The monoisotopic (exact) mass is 628 g/mol. The van der Waals surface area contributed by atoms with Crippen LogP contribution in [0.4, 0.5) is 26.3 Å². The third kappa shape index (κ3) is 8.99. The Morgan fingerprint density at radius 3 is 2.23 bits per heavy atom.